The van der Waals surface area contributed by atoms with Gasteiger partial charge in [0.25, 0.3) is 5.91 Å². The lowest BCUT2D eigenvalue weighted by Crippen LogP contribution is -2.30. The highest BCUT2D eigenvalue weighted by Gasteiger charge is 2.12. The highest BCUT2D eigenvalue weighted by molar-refractivity contribution is 7.99. The highest BCUT2D eigenvalue weighted by Crippen LogP contribution is 2.32. The van der Waals surface area contributed by atoms with Gasteiger partial charge >= 0.3 is 0 Å². The van der Waals surface area contributed by atoms with Crippen LogP contribution in [0.25, 0.3) is 0 Å². The molecule has 0 unspecified atom stereocenters. The predicted molar refractivity (Wildman–Crippen MR) is 99.6 cm³/mol. The average Bonchev–Trinajstić information content (AvgIpc) is 2.63. The molecule has 3 rings (SSSR count). The van der Waals surface area contributed by atoms with Crippen molar-refractivity contribution >= 4 is 40.8 Å². The second-order valence-electron chi connectivity index (χ2n) is 4.92. The van der Waals surface area contributed by atoms with Crippen LogP contribution in [0.4, 0.5) is 11.5 Å². The summed E-state index contributed by atoms with van der Waals surface area (Å²) in [5.41, 5.74) is 12.0. The minimum Gasteiger partial charge on any atom is -0.393 e. The van der Waals surface area contributed by atoms with Crippen molar-refractivity contribution in [3.8, 4) is 0 Å². The van der Waals surface area contributed by atoms with Crippen molar-refractivity contribution in [2.45, 2.75) is 9.92 Å². The largest absolute Gasteiger partial charge is 0.393 e. The first-order chi connectivity index (χ1) is 12.1. The van der Waals surface area contributed by atoms with Crippen molar-refractivity contribution in [3.63, 3.8) is 0 Å². The van der Waals surface area contributed by atoms with E-state index in [4.69, 9.17) is 17.3 Å². The van der Waals surface area contributed by atoms with Crippen LogP contribution in [0.15, 0.2) is 70.8 Å². The molecule has 0 radical (unpaired) electrons. The van der Waals surface area contributed by atoms with Gasteiger partial charge in [0.2, 0.25) is 0 Å². The summed E-state index contributed by atoms with van der Waals surface area (Å²) in [6.07, 6.45) is 1.38. The molecule has 1 amide bonds. The van der Waals surface area contributed by atoms with Gasteiger partial charge in [0, 0.05) is 4.90 Å². The molecular formula is C17H14ClN5OS. The van der Waals surface area contributed by atoms with Crippen molar-refractivity contribution < 1.29 is 4.79 Å². The number of aromatic nitrogens is 2. The lowest BCUT2D eigenvalue weighted by atomic mass is 10.2. The zero-order valence-corrected chi connectivity index (χ0v) is 14.5. The Kier molecular flexibility index (Phi) is 5.37. The fraction of sp³-hybridized carbons (Fsp3) is 0. The summed E-state index contributed by atoms with van der Waals surface area (Å²) in [5.74, 6) is -0.0743. The Morgan fingerprint density at radius 3 is 2.52 bits per heavy atom. The van der Waals surface area contributed by atoms with E-state index in [9.17, 15) is 4.79 Å². The second kappa shape index (κ2) is 7.87. The van der Waals surface area contributed by atoms with Crippen molar-refractivity contribution in [3.05, 3.63) is 71.5 Å². The molecule has 0 spiro atoms. The monoisotopic (exact) mass is 371 g/mol. The summed E-state index contributed by atoms with van der Waals surface area (Å²) in [6.45, 7) is 0. The van der Waals surface area contributed by atoms with Crippen LogP contribution < -0.4 is 16.6 Å². The van der Waals surface area contributed by atoms with Crippen molar-refractivity contribution in [2.24, 2.45) is 0 Å². The molecule has 0 aliphatic rings. The normalized spacial score (nSPS) is 10.3. The third-order valence-electron chi connectivity index (χ3n) is 3.22. The molecule has 25 heavy (non-hydrogen) atoms. The van der Waals surface area contributed by atoms with E-state index < -0.39 is 0 Å². The van der Waals surface area contributed by atoms with E-state index in [0.29, 0.717) is 27.1 Å². The fourth-order valence-electron chi connectivity index (χ4n) is 1.99. The van der Waals surface area contributed by atoms with Crippen LogP contribution in [0.2, 0.25) is 5.02 Å². The minimum atomic E-state index is -0.388. The van der Waals surface area contributed by atoms with Gasteiger partial charge in [-0.1, -0.05) is 53.7 Å². The lowest BCUT2D eigenvalue weighted by molar-refractivity contribution is 0.0962. The first kappa shape index (κ1) is 17.1. The third kappa shape index (κ3) is 4.20. The number of nitrogen functional groups attached to an aromatic ring is 1. The summed E-state index contributed by atoms with van der Waals surface area (Å²) in [5, 5.41) is 0.952. The summed E-state index contributed by atoms with van der Waals surface area (Å²) in [6, 6.07) is 16.5. The first-order valence-electron chi connectivity index (χ1n) is 7.29. The highest BCUT2D eigenvalue weighted by atomic mass is 35.5. The number of anilines is 2. The van der Waals surface area contributed by atoms with Gasteiger partial charge < -0.3 is 5.73 Å². The molecule has 2 aromatic carbocycles. The molecule has 0 atom stereocenters. The zero-order valence-electron chi connectivity index (χ0n) is 12.9. The van der Waals surface area contributed by atoms with Crippen LogP contribution in [0, 0.1) is 0 Å². The van der Waals surface area contributed by atoms with E-state index in [2.05, 4.69) is 20.8 Å². The first-order valence-corrected chi connectivity index (χ1v) is 8.49. The topological polar surface area (TPSA) is 92.9 Å². The summed E-state index contributed by atoms with van der Waals surface area (Å²) < 4.78 is 0. The summed E-state index contributed by atoms with van der Waals surface area (Å²) in [4.78, 5) is 21.4. The molecule has 0 saturated carbocycles. The number of benzene rings is 2. The van der Waals surface area contributed by atoms with Crippen LogP contribution in [0.1, 0.15) is 10.4 Å². The maximum Gasteiger partial charge on any atom is 0.271 e. The number of rotatable bonds is 5. The molecule has 1 heterocycles. The number of hydrogen-bond acceptors (Lipinski definition) is 6. The van der Waals surface area contributed by atoms with Crippen LogP contribution >= 0.6 is 23.4 Å². The molecule has 6 nitrogen and oxygen atoms in total. The fourth-order valence-corrected chi connectivity index (χ4v) is 3.03. The van der Waals surface area contributed by atoms with Crippen molar-refractivity contribution in [1.82, 2.24) is 15.4 Å². The van der Waals surface area contributed by atoms with Crippen LogP contribution in [-0.4, -0.2) is 15.9 Å². The Balaban J connectivity index is 1.72. The van der Waals surface area contributed by atoms with Crippen molar-refractivity contribution in [2.75, 3.05) is 11.2 Å². The van der Waals surface area contributed by atoms with Gasteiger partial charge in [-0.15, -0.1) is 0 Å². The van der Waals surface area contributed by atoms with Gasteiger partial charge in [0.1, 0.15) is 17.0 Å². The zero-order chi connectivity index (χ0) is 17.6. The molecular weight excluding hydrogens is 358 g/mol. The Hall–Kier alpha value is -2.77. The molecule has 0 aliphatic carbocycles. The van der Waals surface area contributed by atoms with E-state index >= 15 is 0 Å². The number of carbonyl (C=O) groups is 1. The Bertz CT molecular complexity index is 891. The number of halogens is 1. The number of nitrogens with one attached hydrogen (secondary N) is 2. The molecule has 4 N–H and O–H groups in total. The predicted octanol–water partition coefficient (Wildman–Crippen LogP) is 3.62. The van der Waals surface area contributed by atoms with Gasteiger partial charge in [-0.05, 0) is 24.3 Å². The van der Waals surface area contributed by atoms with E-state index in [1.54, 1.807) is 24.3 Å². The van der Waals surface area contributed by atoms with E-state index in [-0.39, 0.29) is 5.91 Å². The molecule has 3 aromatic rings. The van der Waals surface area contributed by atoms with E-state index in [1.165, 1.54) is 18.1 Å². The number of nitrogens with two attached hydrogens (primary N) is 1. The maximum atomic E-state index is 12.2. The van der Waals surface area contributed by atoms with Gasteiger partial charge in [-0.3, -0.25) is 15.6 Å². The van der Waals surface area contributed by atoms with Gasteiger partial charge in [0.15, 0.2) is 5.82 Å². The number of nitrogens with zero attached hydrogens (tertiary/aromatic N) is 2. The Labute approximate surface area is 153 Å². The molecule has 0 saturated heterocycles. The number of carbonyl (C=O) groups excluding carboxylic acids is 1. The smallest absolute Gasteiger partial charge is 0.271 e. The van der Waals surface area contributed by atoms with Crippen LogP contribution in [-0.2, 0) is 0 Å². The van der Waals surface area contributed by atoms with Crippen molar-refractivity contribution in [1.29, 1.82) is 0 Å². The van der Waals surface area contributed by atoms with E-state index in [1.807, 2.05) is 30.3 Å². The molecule has 126 valence electrons. The Morgan fingerprint density at radius 2 is 1.76 bits per heavy atom. The van der Waals surface area contributed by atoms with Gasteiger partial charge in [-0.2, -0.15) is 0 Å². The Morgan fingerprint density at radius 1 is 1.04 bits per heavy atom. The lowest BCUT2D eigenvalue weighted by Gasteiger charge is -2.12. The number of amides is 1. The molecule has 8 heteroatoms. The van der Waals surface area contributed by atoms with Gasteiger partial charge in [0.05, 0.1) is 10.6 Å². The average molecular weight is 372 g/mol. The molecule has 0 bridgehead atoms. The van der Waals surface area contributed by atoms with Crippen LogP contribution in [0.3, 0.4) is 0 Å². The second-order valence-corrected chi connectivity index (χ2v) is 6.38. The maximum absolute atomic E-state index is 12.2. The third-order valence-corrected chi connectivity index (χ3v) is 4.57. The SMILES string of the molecule is Nc1c(NNC(=O)c2ccccc2Cl)ncnc1Sc1ccccc1. The number of hydrazine groups is 1. The molecule has 0 aliphatic heterocycles. The quantitative estimate of drug-likeness (QED) is 0.468. The molecule has 0 fully saturated rings. The standard InChI is InChI=1S/C17H14ClN5OS/c18-13-9-5-4-8-12(13)16(24)23-22-15-14(19)17(21-10-20-15)25-11-6-2-1-3-7-11/h1-10H,19H2,(H,23,24)(H,20,21,22). The van der Waals surface area contributed by atoms with Gasteiger partial charge in [-0.25, -0.2) is 9.97 Å². The van der Waals surface area contributed by atoms with Crippen LogP contribution in [0.5, 0.6) is 0 Å². The summed E-state index contributed by atoms with van der Waals surface area (Å²) in [7, 11) is 0. The molecule has 1 aromatic heterocycles. The van der Waals surface area contributed by atoms with E-state index in [0.717, 1.165) is 4.90 Å². The minimum absolute atomic E-state index is 0.314. The summed E-state index contributed by atoms with van der Waals surface area (Å²) >= 11 is 7.42. The number of hydrogen-bond donors (Lipinski definition) is 3.